The average Bonchev–Trinajstić information content (AvgIpc) is 2.72. The third kappa shape index (κ3) is 1.70. The van der Waals surface area contributed by atoms with Crippen molar-refractivity contribution in [1.82, 2.24) is 0 Å². The SMILES string of the molecule is CC(C)(c1ccccc1)C1CCCC1. The molecule has 0 saturated heterocycles. The molecule has 0 N–H and O–H groups in total. The van der Waals surface area contributed by atoms with Gasteiger partial charge in [0, 0.05) is 0 Å². The summed E-state index contributed by atoms with van der Waals surface area (Å²) in [6.07, 6.45) is 5.70. The van der Waals surface area contributed by atoms with Gasteiger partial charge in [-0.2, -0.15) is 0 Å². The third-order valence-electron chi connectivity index (χ3n) is 3.89. The Hall–Kier alpha value is -0.780. The molecule has 0 heteroatoms. The van der Waals surface area contributed by atoms with Crippen molar-refractivity contribution in [2.75, 3.05) is 0 Å². The van der Waals surface area contributed by atoms with Crippen LogP contribution >= 0.6 is 0 Å². The predicted octanol–water partition coefficient (Wildman–Crippen LogP) is 4.15. The van der Waals surface area contributed by atoms with E-state index in [0.717, 1.165) is 5.92 Å². The van der Waals surface area contributed by atoms with Gasteiger partial charge in [0.05, 0.1) is 0 Å². The zero-order valence-corrected chi connectivity index (χ0v) is 9.29. The topological polar surface area (TPSA) is 0 Å². The molecule has 1 aromatic carbocycles. The Morgan fingerprint density at radius 3 is 2.14 bits per heavy atom. The molecule has 0 aliphatic heterocycles. The lowest BCUT2D eigenvalue weighted by molar-refractivity contribution is 0.325. The van der Waals surface area contributed by atoms with E-state index in [2.05, 4.69) is 44.2 Å². The standard InChI is InChI=1S/C14H20/c1-14(2,13-10-6-7-11-13)12-8-4-3-5-9-12/h3-5,8-9,13H,6-7,10-11H2,1-2H3. The van der Waals surface area contributed by atoms with Crippen LogP contribution in [0, 0.1) is 5.92 Å². The van der Waals surface area contributed by atoms with Crippen LogP contribution in [0.2, 0.25) is 0 Å². The second kappa shape index (κ2) is 3.76. The molecule has 0 bridgehead atoms. The van der Waals surface area contributed by atoms with Gasteiger partial charge >= 0.3 is 0 Å². The van der Waals surface area contributed by atoms with Crippen molar-refractivity contribution in [2.24, 2.45) is 5.92 Å². The highest BCUT2D eigenvalue weighted by Crippen LogP contribution is 2.41. The average molecular weight is 188 g/mol. The molecule has 0 amide bonds. The highest BCUT2D eigenvalue weighted by molar-refractivity contribution is 5.24. The van der Waals surface area contributed by atoms with Crippen LogP contribution in [0.1, 0.15) is 45.1 Å². The highest BCUT2D eigenvalue weighted by Gasteiger charge is 2.32. The van der Waals surface area contributed by atoms with Crippen LogP contribution in [0.4, 0.5) is 0 Å². The fraction of sp³-hybridized carbons (Fsp3) is 0.571. The largest absolute Gasteiger partial charge is 0.0622 e. The van der Waals surface area contributed by atoms with Gasteiger partial charge < -0.3 is 0 Å². The van der Waals surface area contributed by atoms with Gasteiger partial charge in [-0.15, -0.1) is 0 Å². The summed E-state index contributed by atoms with van der Waals surface area (Å²) in [4.78, 5) is 0. The Kier molecular flexibility index (Phi) is 2.62. The monoisotopic (exact) mass is 188 g/mol. The summed E-state index contributed by atoms with van der Waals surface area (Å²) in [5.74, 6) is 0.893. The van der Waals surface area contributed by atoms with Crippen molar-refractivity contribution in [1.29, 1.82) is 0 Å². The zero-order valence-electron chi connectivity index (χ0n) is 9.29. The Labute approximate surface area is 87.3 Å². The molecule has 1 fully saturated rings. The molecule has 0 spiro atoms. The maximum Gasteiger partial charge on any atom is -0.00753 e. The lowest BCUT2D eigenvalue weighted by Crippen LogP contribution is -2.26. The van der Waals surface area contributed by atoms with Crippen LogP contribution in [-0.4, -0.2) is 0 Å². The molecule has 0 heterocycles. The molecule has 0 unspecified atom stereocenters. The summed E-state index contributed by atoms with van der Waals surface area (Å²) < 4.78 is 0. The maximum absolute atomic E-state index is 2.40. The van der Waals surface area contributed by atoms with Crippen LogP contribution in [0.15, 0.2) is 30.3 Å². The zero-order chi connectivity index (χ0) is 10.0. The first-order chi connectivity index (χ1) is 6.71. The molecular formula is C14H20. The second-order valence-corrected chi connectivity index (χ2v) is 5.07. The number of hydrogen-bond acceptors (Lipinski definition) is 0. The minimum atomic E-state index is 0.373. The molecule has 1 aliphatic rings. The molecule has 14 heavy (non-hydrogen) atoms. The summed E-state index contributed by atoms with van der Waals surface area (Å²) in [6.45, 7) is 4.80. The molecule has 0 aromatic heterocycles. The van der Waals surface area contributed by atoms with E-state index in [0.29, 0.717) is 5.41 Å². The van der Waals surface area contributed by atoms with Crippen molar-refractivity contribution in [3.05, 3.63) is 35.9 Å². The lowest BCUT2D eigenvalue weighted by atomic mass is 9.72. The molecule has 0 nitrogen and oxygen atoms in total. The van der Waals surface area contributed by atoms with Crippen molar-refractivity contribution in [3.8, 4) is 0 Å². The summed E-state index contributed by atoms with van der Waals surface area (Å²) in [5, 5.41) is 0. The van der Waals surface area contributed by atoms with Crippen LogP contribution in [0.25, 0.3) is 0 Å². The quantitative estimate of drug-likeness (QED) is 0.654. The van der Waals surface area contributed by atoms with E-state index in [1.165, 1.54) is 31.2 Å². The van der Waals surface area contributed by atoms with Gasteiger partial charge in [0.1, 0.15) is 0 Å². The Morgan fingerprint density at radius 1 is 1.00 bits per heavy atom. The first-order valence-electron chi connectivity index (χ1n) is 5.77. The molecule has 1 saturated carbocycles. The Balaban J connectivity index is 2.22. The van der Waals surface area contributed by atoms with Crippen LogP contribution in [-0.2, 0) is 5.41 Å². The van der Waals surface area contributed by atoms with E-state index in [4.69, 9.17) is 0 Å². The van der Waals surface area contributed by atoms with Crippen molar-refractivity contribution in [2.45, 2.75) is 44.9 Å². The predicted molar refractivity (Wildman–Crippen MR) is 61.4 cm³/mol. The lowest BCUT2D eigenvalue weighted by Gasteiger charge is -2.32. The number of benzene rings is 1. The summed E-state index contributed by atoms with van der Waals surface area (Å²) >= 11 is 0. The molecule has 76 valence electrons. The van der Waals surface area contributed by atoms with Gasteiger partial charge in [0.25, 0.3) is 0 Å². The van der Waals surface area contributed by atoms with Crippen LogP contribution in [0.5, 0.6) is 0 Å². The summed E-state index contributed by atoms with van der Waals surface area (Å²) in [5.41, 5.74) is 1.88. The first kappa shape index (κ1) is 9.76. The van der Waals surface area contributed by atoms with Crippen LogP contribution in [0.3, 0.4) is 0 Å². The summed E-state index contributed by atoms with van der Waals surface area (Å²) in [7, 11) is 0. The number of rotatable bonds is 2. The van der Waals surface area contributed by atoms with E-state index in [1.807, 2.05) is 0 Å². The van der Waals surface area contributed by atoms with Crippen molar-refractivity contribution in [3.63, 3.8) is 0 Å². The molecular weight excluding hydrogens is 168 g/mol. The van der Waals surface area contributed by atoms with Crippen LogP contribution < -0.4 is 0 Å². The maximum atomic E-state index is 2.40. The molecule has 1 aromatic rings. The van der Waals surface area contributed by atoms with Gasteiger partial charge in [0.2, 0.25) is 0 Å². The minimum Gasteiger partial charge on any atom is -0.0622 e. The van der Waals surface area contributed by atoms with E-state index in [-0.39, 0.29) is 0 Å². The van der Waals surface area contributed by atoms with E-state index >= 15 is 0 Å². The third-order valence-corrected chi connectivity index (χ3v) is 3.89. The smallest absolute Gasteiger partial charge is 0.00753 e. The molecule has 2 rings (SSSR count). The Morgan fingerprint density at radius 2 is 1.57 bits per heavy atom. The van der Waals surface area contributed by atoms with Gasteiger partial charge in [0.15, 0.2) is 0 Å². The highest BCUT2D eigenvalue weighted by atomic mass is 14.4. The van der Waals surface area contributed by atoms with Gasteiger partial charge in [-0.1, -0.05) is 57.0 Å². The van der Waals surface area contributed by atoms with Gasteiger partial charge in [-0.25, -0.2) is 0 Å². The first-order valence-corrected chi connectivity index (χ1v) is 5.77. The van der Waals surface area contributed by atoms with E-state index in [9.17, 15) is 0 Å². The normalized spacial score (nSPS) is 18.7. The van der Waals surface area contributed by atoms with Gasteiger partial charge in [-0.3, -0.25) is 0 Å². The van der Waals surface area contributed by atoms with Crippen molar-refractivity contribution < 1.29 is 0 Å². The minimum absolute atomic E-state index is 0.373. The van der Waals surface area contributed by atoms with Gasteiger partial charge in [-0.05, 0) is 29.7 Å². The fourth-order valence-corrected chi connectivity index (χ4v) is 2.75. The molecule has 0 radical (unpaired) electrons. The van der Waals surface area contributed by atoms with E-state index < -0.39 is 0 Å². The van der Waals surface area contributed by atoms with Crippen molar-refractivity contribution >= 4 is 0 Å². The fourth-order valence-electron chi connectivity index (χ4n) is 2.75. The second-order valence-electron chi connectivity index (χ2n) is 5.07. The van der Waals surface area contributed by atoms with E-state index in [1.54, 1.807) is 0 Å². The number of hydrogen-bond donors (Lipinski definition) is 0. The summed E-state index contributed by atoms with van der Waals surface area (Å²) in [6, 6.07) is 11.0. The Bertz CT molecular complexity index is 278. The molecule has 1 aliphatic carbocycles. The molecule has 0 atom stereocenters.